The van der Waals surface area contributed by atoms with Crippen molar-refractivity contribution < 1.29 is 4.74 Å². The highest BCUT2D eigenvalue weighted by molar-refractivity contribution is 5.59. The molecule has 2 rings (SSSR count). The SMILES string of the molecule is Cc1cnc(C)c(C)c1N1CCOCC1. The van der Waals surface area contributed by atoms with Gasteiger partial charge in [-0.2, -0.15) is 0 Å². The third kappa shape index (κ3) is 1.97. The summed E-state index contributed by atoms with van der Waals surface area (Å²) >= 11 is 0. The maximum Gasteiger partial charge on any atom is 0.0642 e. The van der Waals surface area contributed by atoms with E-state index in [9.17, 15) is 0 Å². The molecule has 0 spiro atoms. The van der Waals surface area contributed by atoms with Gasteiger partial charge in [-0.25, -0.2) is 0 Å². The highest BCUT2D eigenvalue weighted by atomic mass is 16.5. The first-order valence-electron chi connectivity index (χ1n) is 5.45. The topological polar surface area (TPSA) is 25.4 Å². The lowest BCUT2D eigenvalue weighted by molar-refractivity contribution is 0.122. The zero-order valence-corrected chi connectivity index (χ0v) is 9.71. The summed E-state index contributed by atoms with van der Waals surface area (Å²) in [5.41, 5.74) is 5.05. The Morgan fingerprint density at radius 2 is 1.87 bits per heavy atom. The fraction of sp³-hybridized carbons (Fsp3) is 0.583. The van der Waals surface area contributed by atoms with Crippen LogP contribution in [-0.4, -0.2) is 31.3 Å². The Balaban J connectivity index is 2.36. The van der Waals surface area contributed by atoms with Crippen LogP contribution < -0.4 is 4.90 Å². The standard InChI is InChI=1S/C12H18N2O/c1-9-8-13-11(3)10(2)12(9)14-4-6-15-7-5-14/h8H,4-7H2,1-3H3. The second-order valence-corrected chi connectivity index (χ2v) is 4.10. The Bertz CT molecular complexity index is 357. The summed E-state index contributed by atoms with van der Waals surface area (Å²) < 4.78 is 5.37. The number of aromatic nitrogens is 1. The van der Waals surface area contributed by atoms with Gasteiger partial charge in [-0.1, -0.05) is 0 Å². The molecule has 0 amide bonds. The number of rotatable bonds is 1. The number of pyridine rings is 1. The number of ether oxygens (including phenoxy) is 1. The number of morpholine rings is 1. The van der Waals surface area contributed by atoms with Gasteiger partial charge in [-0.05, 0) is 31.9 Å². The second kappa shape index (κ2) is 4.19. The molecule has 0 unspecified atom stereocenters. The molecule has 1 aromatic heterocycles. The fourth-order valence-electron chi connectivity index (χ4n) is 2.09. The summed E-state index contributed by atoms with van der Waals surface area (Å²) in [6.07, 6.45) is 1.97. The molecule has 0 aromatic carbocycles. The van der Waals surface area contributed by atoms with Gasteiger partial charge in [-0.15, -0.1) is 0 Å². The smallest absolute Gasteiger partial charge is 0.0642 e. The minimum Gasteiger partial charge on any atom is -0.378 e. The van der Waals surface area contributed by atoms with Gasteiger partial charge in [-0.3, -0.25) is 4.98 Å². The Kier molecular flexibility index (Phi) is 2.91. The lowest BCUT2D eigenvalue weighted by Gasteiger charge is -2.31. The quantitative estimate of drug-likeness (QED) is 0.701. The molecule has 1 fully saturated rings. The Morgan fingerprint density at radius 3 is 2.53 bits per heavy atom. The molecular weight excluding hydrogens is 188 g/mol. The molecule has 0 atom stereocenters. The minimum atomic E-state index is 0.834. The molecule has 1 aromatic rings. The van der Waals surface area contributed by atoms with Gasteiger partial charge < -0.3 is 9.64 Å². The van der Waals surface area contributed by atoms with Crippen molar-refractivity contribution in [1.29, 1.82) is 0 Å². The zero-order valence-electron chi connectivity index (χ0n) is 9.71. The normalized spacial score (nSPS) is 16.9. The number of anilines is 1. The molecule has 1 aliphatic rings. The predicted octanol–water partition coefficient (Wildman–Crippen LogP) is 1.84. The molecule has 0 N–H and O–H groups in total. The van der Waals surface area contributed by atoms with Crippen molar-refractivity contribution in [1.82, 2.24) is 4.98 Å². The molecule has 15 heavy (non-hydrogen) atoms. The van der Waals surface area contributed by atoms with E-state index in [0.29, 0.717) is 0 Å². The van der Waals surface area contributed by atoms with Crippen molar-refractivity contribution in [2.45, 2.75) is 20.8 Å². The highest BCUT2D eigenvalue weighted by Gasteiger charge is 2.16. The molecule has 1 saturated heterocycles. The van der Waals surface area contributed by atoms with Crippen molar-refractivity contribution >= 4 is 5.69 Å². The molecule has 2 heterocycles. The van der Waals surface area contributed by atoms with Crippen LogP contribution in [-0.2, 0) is 4.74 Å². The summed E-state index contributed by atoms with van der Waals surface area (Å²) in [5.74, 6) is 0. The third-order valence-electron chi connectivity index (χ3n) is 3.05. The Labute approximate surface area is 91.1 Å². The molecule has 1 aliphatic heterocycles. The van der Waals surface area contributed by atoms with Crippen molar-refractivity contribution in [3.05, 3.63) is 23.0 Å². The molecule has 0 radical (unpaired) electrons. The van der Waals surface area contributed by atoms with Crippen molar-refractivity contribution in [2.75, 3.05) is 31.2 Å². The summed E-state index contributed by atoms with van der Waals surface area (Å²) in [5, 5.41) is 0. The van der Waals surface area contributed by atoms with E-state index in [2.05, 4.69) is 30.7 Å². The Morgan fingerprint density at radius 1 is 1.20 bits per heavy atom. The summed E-state index contributed by atoms with van der Waals surface area (Å²) in [6.45, 7) is 10.00. The molecular formula is C12H18N2O. The van der Waals surface area contributed by atoms with E-state index in [1.165, 1.54) is 16.8 Å². The van der Waals surface area contributed by atoms with Gasteiger partial charge in [0.25, 0.3) is 0 Å². The van der Waals surface area contributed by atoms with Crippen molar-refractivity contribution in [2.24, 2.45) is 0 Å². The van der Waals surface area contributed by atoms with Crippen LogP contribution in [0, 0.1) is 20.8 Å². The monoisotopic (exact) mass is 206 g/mol. The molecule has 3 heteroatoms. The van der Waals surface area contributed by atoms with Gasteiger partial charge in [0.1, 0.15) is 0 Å². The third-order valence-corrected chi connectivity index (χ3v) is 3.05. The highest BCUT2D eigenvalue weighted by Crippen LogP contribution is 2.26. The maximum atomic E-state index is 5.37. The predicted molar refractivity (Wildman–Crippen MR) is 61.5 cm³/mol. The van der Waals surface area contributed by atoms with Crippen LogP contribution in [0.1, 0.15) is 16.8 Å². The first-order valence-corrected chi connectivity index (χ1v) is 5.45. The van der Waals surface area contributed by atoms with Crippen molar-refractivity contribution in [3.63, 3.8) is 0 Å². The largest absolute Gasteiger partial charge is 0.378 e. The first kappa shape index (κ1) is 10.4. The van der Waals surface area contributed by atoms with Crippen LogP contribution in [0.25, 0.3) is 0 Å². The van der Waals surface area contributed by atoms with E-state index in [1.807, 2.05) is 6.20 Å². The van der Waals surface area contributed by atoms with E-state index >= 15 is 0 Å². The molecule has 0 aliphatic carbocycles. The molecule has 0 saturated carbocycles. The van der Waals surface area contributed by atoms with E-state index in [1.54, 1.807) is 0 Å². The maximum absolute atomic E-state index is 5.37. The lowest BCUT2D eigenvalue weighted by atomic mass is 10.1. The van der Waals surface area contributed by atoms with Crippen LogP contribution in [0.2, 0.25) is 0 Å². The average molecular weight is 206 g/mol. The van der Waals surface area contributed by atoms with Gasteiger partial charge in [0.15, 0.2) is 0 Å². The van der Waals surface area contributed by atoms with Crippen LogP contribution in [0.15, 0.2) is 6.20 Å². The van der Waals surface area contributed by atoms with E-state index in [-0.39, 0.29) is 0 Å². The molecule has 3 nitrogen and oxygen atoms in total. The number of hydrogen-bond acceptors (Lipinski definition) is 3. The zero-order chi connectivity index (χ0) is 10.8. The van der Waals surface area contributed by atoms with Crippen LogP contribution in [0.5, 0.6) is 0 Å². The van der Waals surface area contributed by atoms with E-state index in [4.69, 9.17) is 4.74 Å². The van der Waals surface area contributed by atoms with Crippen LogP contribution in [0.3, 0.4) is 0 Å². The lowest BCUT2D eigenvalue weighted by Crippen LogP contribution is -2.37. The summed E-state index contributed by atoms with van der Waals surface area (Å²) in [6, 6.07) is 0. The van der Waals surface area contributed by atoms with Crippen molar-refractivity contribution in [3.8, 4) is 0 Å². The summed E-state index contributed by atoms with van der Waals surface area (Å²) in [7, 11) is 0. The van der Waals surface area contributed by atoms with Gasteiger partial charge >= 0.3 is 0 Å². The molecule has 0 bridgehead atoms. The van der Waals surface area contributed by atoms with Gasteiger partial charge in [0.2, 0.25) is 0 Å². The van der Waals surface area contributed by atoms with E-state index < -0.39 is 0 Å². The fourth-order valence-corrected chi connectivity index (χ4v) is 2.09. The minimum absolute atomic E-state index is 0.834. The average Bonchev–Trinajstić information content (AvgIpc) is 2.26. The van der Waals surface area contributed by atoms with Crippen LogP contribution >= 0.6 is 0 Å². The molecule has 82 valence electrons. The second-order valence-electron chi connectivity index (χ2n) is 4.10. The first-order chi connectivity index (χ1) is 7.20. The van der Waals surface area contributed by atoms with E-state index in [0.717, 1.165) is 32.0 Å². The summed E-state index contributed by atoms with van der Waals surface area (Å²) in [4.78, 5) is 6.78. The van der Waals surface area contributed by atoms with Gasteiger partial charge in [0, 0.05) is 30.7 Å². The number of nitrogens with zero attached hydrogens (tertiary/aromatic N) is 2. The number of hydrogen-bond donors (Lipinski definition) is 0. The Hall–Kier alpha value is -1.09. The van der Waals surface area contributed by atoms with Gasteiger partial charge in [0.05, 0.1) is 13.2 Å². The van der Waals surface area contributed by atoms with Crippen LogP contribution in [0.4, 0.5) is 5.69 Å². The number of aryl methyl sites for hydroxylation is 2.